The Hall–Kier alpha value is -2.78. The van der Waals surface area contributed by atoms with Crippen LogP contribution in [0.3, 0.4) is 0 Å². The summed E-state index contributed by atoms with van der Waals surface area (Å²) in [4.78, 5) is 24.6. The standard InChI is InChI=1S/C17H21F2N7O/c1-11-9-25(5-6-26(11)15(27)13-7-17(13,18)19)14-3-4-20-16(23-14)22-12-8-21-24(2)10-12/h3-4,8,10-11,13H,5-7,9H2,1-2H3,(H,20,22,23)/t11-,13?/m1/s1. The van der Waals surface area contributed by atoms with Crippen molar-refractivity contribution < 1.29 is 13.6 Å². The molecule has 0 radical (unpaired) electrons. The Balaban J connectivity index is 1.41. The van der Waals surface area contributed by atoms with Crippen molar-refractivity contribution in [3.63, 3.8) is 0 Å². The van der Waals surface area contributed by atoms with Crippen LogP contribution >= 0.6 is 0 Å². The molecule has 1 unspecified atom stereocenters. The number of hydrogen-bond donors (Lipinski definition) is 1. The van der Waals surface area contributed by atoms with E-state index in [4.69, 9.17) is 0 Å². The molecule has 2 aromatic rings. The van der Waals surface area contributed by atoms with Crippen molar-refractivity contribution in [2.24, 2.45) is 13.0 Å². The van der Waals surface area contributed by atoms with E-state index in [2.05, 4.69) is 20.4 Å². The molecule has 27 heavy (non-hydrogen) atoms. The first-order chi connectivity index (χ1) is 12.8. The number of carbonyl (C=O) groups is 1. The van der Waals surface area contributed by atoms with Crippen molar-refractivity contribution in [3.05, 3.63) is 24.7 Å². The molecular weight excluding hydrogens is 356 g/mol. The highest BCUT2D eigenvalue weighted by molar-refractivity contribution is 5.83. The van der Waals surface area contributed by atoms with Crippen LogP contribution in [0.1, 0.15) is 13.3 Å². The van der Waals surface area contributed by atoms with E-state index in [0.717, 1.165) is 11.5 Å². The van der Waals surface area contributed by atoms with E-state index in [1.54, 1.807) is 28.0 Å². The molecule has 1 saturated carbocycles. The van der Waals surface area contributed by atoms with Gasteiger partial charge in [-0.25, -0.2) is 13.8 Å². The second kappa shape index (κ2) is 6.43. The third-order valence-corrected chi connectivity index (χ3v) is 4.96. The first-order valence-corrected chi connectivity index (χ1v) is 8.85. The third kappa shape index (κ3) is 3.56. The second-order valence-corrected chi connectivity index (χ2v) is 7.11. The van der Waals surface area contributed by atoms with Gasteiger partial charge in [0.05, 0.1) is 11.9 Å². The zero-order chi connectivity index (χ0) is 19.2. The first-order valence-electron chi connectivity index (χ1n) is 8.85. The highest BCUT2D eigenvalue weighted by Gasteiger charge is 2.62. The molecule has 1 amide bonds. The fraction of sp³-hybridized carbons (Fsp3) is 0.529. The number of carbonyl (C=O) groups excluding carboxylic acids is 1. The summed E-state index contributed by atoms with van der Waals surface area (Å²) in [6.07, 6.45) is 4.83. The lowest BCUT2D eigenvalue weighted by Crippen LogP contribution is -2.55. The average Bonchev–Trinajstić information content (AvgIpc) is 3.08. The van der Waals surface area contributed by atoms with Crippen LogP contribution in [0.5, 0.6) is 0 Å². The minimum Gasteiger partial charge on any atom is -0.353 e. The van der Waals surface area contributed by atoms with Crippen LogP contribution in [0.25, 0.3) is 0 Å². The molecule has 10 heteroatoms. The number of aryl methyl sites for hydroxylation is 1. The zero-order valence-corrected chi connectivity index (χ0v) is 15.1. The summed E-state index contributed by atoms with van der Waals surface area (Å²) < 4.78 is 28.1. The lowest BCUT2D eigenvalue weighted by atomic mass is 10.1. The number of rotatable bonds is 4. The van der Waals surface area contributed by atoms with Crippen molar-refractivity contribution in [1.29, 1.82) is 0 Å². The summed E-state index contributed by atoms with van der Waals surface area (Å²) in [7, 11) is 1.82. The molecule has 0 aromatic carbocycles. The lowest BCUT2D eigenvalue weighted by Gasteiger charge is -2.40. The predicted octanol–water partition coefficient (Wildman–Crippen LogP) is 1.65. The van der Waals surface area contributed by atoms with Gasteiger partial charge in [0, 0.05) is 51.5 Å². The van der Waals surface area contributed by atoms with Gasteiger partial charge in [-0.15, -0.1) is 0 Å². The van der Waals surface area contributed by atoms with Gasteiger partial charge in [-0.3, -0.25) is 9.48 Å². The highest BCUT2D eigenvalue weighted by Crippen LogP contribution is 2.49. The quantitative estimate of drug-likeness (QED) is 0.873. The Morgan fingerprint density at radius 1 is 1.37 bits per heavy atom. The highest BCUT2D eigenvalue weighted by atomic mass is 19.3. The van der Waals surface area contributed by atoms with Crippen LogP contribution in [0, 0.1) is 5.92 Å². The number of hydrogen-bond acceptors (Lipinski definition) is 6. The van der Waals surface area contributed by atoms with Crippen LogP contribution in [0.4, 0.5) is 26.2 Å². The fourth-order valence-corrected chi connectivity index (χ4v) is 3.37. The number of nitrogens with zero attached hydrogens (tertiary/aromatic N) is 6. The average molecular weight is 377 g/mol. The normalized spacial score (nSPS) is 24.0. The van der Waals surface area contributed by atoms with Gasteiger partial charge in [0.1, 0.15) is 11.7 Å². The van der Waals surface area contributed by atoms with E-state index in [1.807, 2.05) is 25.1 Å². The number of halogens is 2. The van der Waals surface area contributed by atoms with Crippen LogP contribution in [0.15, 0.2) is 24.7 Å². The van der Waals surface area contributed by atoms with Gasteiger partial charge >= 0.3 is 0 Å². The molecule has 1 saturated heterocycles. The van der Waals surface area contributed by atoms with Gasteiger partial charge < -0.3 is 15.1 Å². The number of alkyl halides is 2. The van der Waals surface area contributed by atoms with Gasteiger partial charge in [0.25, 0.3) is 5.92 Å². The second-order valence-electron chi connectivity index (χ2n) is 7.11. The van der Waals surface area contributed by atoms with E-state index in [9.17, 15) is 13.6 Å². The lowest BCUT2D eigenvalue weighted by molar-refractivity contribution is -0.137. The van der Waals surface area contributed by atoms with Gasteiger partial charge in [0.2, 0.25) is 11.9 Å². The number of anilines is 3. The van der Waals surface area contributed by atoms with E-state index in [0.29, 0.717) is 25.6 Å². The maximum absolute atomic E-state index is 13.2. The molecule has 8 nitrogen and oxygen atoms in total. The van der Waals surface area contributed by atoms with E-state index >= 15 is 0 Å². The van der Waals surface area contributed by atoms with Crippen molar-refractivity contribution in [1.82, 2.24) is 24.6 Å². The first kappa shape index (κ1) is 17.6. The maximum Gasteiger partial charge on any atom is 0.260 e. The molecule has 2 aromatic heterocycles. The van der Waals surface area contributed by atoms with Crippen LogP contribution in [-0.4, -0.2) is 62.2 Å². The van der Waals surface area contributed by atoms with E-state index in [1.165, 1.54) is 0 Å². The smallest absolute Gasteiger partial charge is 0.260 e. The number of amides is 1. The summed E-state index contributed by atoms with van der Waals surface area (Å²) in [5.74, 6) is -3.22. The largest absolute Gasteiger partial charge is 0.353 e. The van der Waals surface area contributed by atoms with Gasteiger partial charge in [-0.1, -0.05) is 0 Å². The molecule has 1 N–H and O–H groups in total. The van der Waals surface area contributed by atoms with E-state index < -0.39 is 17.7 Å². The maximum atomic E-state index is 13.2. The van der Waals surface area contributed by atoms with Gasteiger partial charge in [-0.2, -0.15) is 10.1 Å². The summed E-state index contributed by atoms with van der Waals surface area (Å²) in [5, 5.41) is 7.18. The number of nitrogens with one attached hydrogen (secondary N) is 1. The Bertz CT molecular complexity index is 855. The monoisotopic (exact) mass is 377 g/mol. The van der Waals surface area contributed by atoms with Crippen molar-refractivity contribution in [2.75, 3.05) is 29.9 Å². The topological polar surface area (TPSA) is 79.2 Å². The molecule has 1 aliphatic heterocycles. The molecule has 4 rings (SSSR count). The Labute approximate surface area is 155 Å². The summed E-state index contributed by atoms with van der Waals surface area (Å²) in [6.45, 7) is 3.35. The van der Waals surface area contributed by atoms with Crippen LogP contribution < -0.4 is 10.2 Å². The molecule has 2 fully saturated rings. The SMILES string of the molecule is C[C@@H]1CN(c2ccnc(Nc3cnn(C)c3)n2)CCN1C(=O)C1CC1(F)F. The van der Waals surface area contributed by atoms with Crippen molar-refractivity contribution in [3.8, 4) is 0 Å². The molecular formula is C17H21F2N7O. The Morgan fingerprint density at radius 2 is 2.15 bits per heavy atom. The third-order valence-electron chi connectivity index (χ3n) is 4.96. The Kier molecular flexibility index (Phi) is 4.20. The summed E-state index contributed by atoms with van der Waals surface area (Å²) in [5.41, 5.74) is 0.781. The van der Waals surface area contributed by atoms with Gasteiger partial charge in [-0.05, 0) is 13.0 Å². The molecule has 3 heterocycles. The summed E-state index contributed by atoms with van der Waals surface area (Å²) >= 11 is 0. The number of aromatic nitrogens is 4. The molecule has 0 spiro atoms. The van der Waals surface area contributed by atoms with Crippen LogP contribution in [0.2, 0.25) is 0 Å². The van der Waals surface area contributed by atoms with Gasteiger partial charge in [0.15, 0.2) is 0 Å². The molecule has 144 valence electrons. The Morgan fingerprint density at radius 3 is 2.78 bits per heavy atom. The van der Waals surface area contributed by atoms with Crippen LogP contribution in [-0.2, 0) is 11.8 Å². The van der Waals surface area contributed by atoms with E-state index in [-0.39, 0.29) is 12.5 Å². The minimum atomic E-state index is -2.83. The summed E-state index contributed by atoms with van der Waals surface area (Å²) in [6, 6.07) is 1.64. The zero-order valence-electron chi connectivity index (χ0n) is 15.1. The molecule has 1 aliphatic carbocycles. The molecule has 2 aliphatic rings. The fourth-order valence-electron chi connectivity index (χ4n) is 3.37. The van der Waals surface area contributed by atoms with Crippen molar-refractivity contribution >= 4 is 23.4 Å². The minimum absolute atomic E-state index is 0.160. The molecule has 2 atom stereocenters. The number of piperazine rings is 1. The molecule has 0 bridgehead atoms. The predicted molar refractivity (Wildman–Crippen MR) is 95.0 cm³/mol. The van der Waals surface area contributed by atoms with Crippen molar-refractivity contribution in [2.45, 2.75) is 25.3 Å².